The molecule has 10 atom stereocenters. The van der Waals surface area contributed by atoms with Crippen molar-refractivity contribution >= 4 is 0 Å². The standard InChI is InChI=1S/C21H30O12/c1-2-3-9-4-5-10(30-20-18(28)16(26)14(24)12(7-22)32-20)11(6-9)31-21-19(29)17(27)15(25)13(8-23)33-21/h2,4-6,12-29H,1,3,7-8H2/t12-,13-,14-,15-,16+,17+,18-,19-,20+,21+/m1/s1. The summed E-state index contributed by atoms with van der Waals surface area (Å²) in [7, 11) is 0. The molecule has 186 valence electrons. The van der Waals surface area contributed by atoms with Crippen LogP contribution in [-0.4, -0.2) is 115 Å². The SMILES string of the molecule is C=CCc1ccc(O[C@H]2O[C@H](CO)[C@@H](O)[C@H](O)[C@H]2O)c(O[C@H]2O[C@H](CO)[C@@H](O)[C@H](O)[C@H]2O)c1. The molecule has 2 fully saturated rings. The highest BCUT2D eigenvalue weighted by Gasteiger charge is 2.46. The lowest BCUT2D eigenvalue weighted by molar-refractivity contribution is -0.282. The topological polar surface area (TPSA) is 199 Å². The zero-order valence-electron chi connectivity index (χ0n) is 17.6. The van der Waals surface area contributed by atoms with Crippen molar-refractivity contribution in [2.24, 2.45) is 0 Å². The Bertz CT molecular complexity index is 787. The van der Waals surface area contributed by atoms with Gasteiger partial charge in [0.2, 0.25) is 12.6 Å². The van der Waals surface area contributed by atoms with Crippen LogP contribution in [0.5, 0.6) is 11.5 Å². The van der Waals surface area contributed by atoms with Crippen LogP contribution in [0.2, 0.25) is 0 Å². The Morgan fingerprint density at radius 2 is 1.21 bits per heavy atom. The average Bonchev–Trinajstić information content (AvgIpc) is 2.81. The van der Waals surface area contributed by atoms with E-state index >= 15 is 0 Å². The van der Waals surface area contributed by atoms with E-state index in [9.17, 15) is 40.9 Å². The molecule has 2 aliphatic rings. The summed E-state index contributed by atoms with van der Waals surface area (Å²) in [5.41, 5.74) is 0.714. The maximum atomic E-state index is 10.3. The molecule has 0 aliphatic carbocycles. The van der Waals surface area contributed by atoms with Crippen LogP contribution < -0.4 is 9.47 Å². The fourth-order valence-corrected chi connectivity index (χ4v) is 3.62. The van der Waals surface area contributed by atoms with E-state index in [-0.39, 0.29) is 11.5 Å². The first-order valence-electron chi connectivity index (χ1n) is 10.4. The Hall–Kier alpha value is -1.84. The monoisotopic (exact) mass is 474 g/mol. The third-order valence-electron chi connectivity index (χ3n) is 5.57. The Morgan fingerprint density at radius 3 is 1.67 bits per heavy atom. The van der Waals surface area contributed by atoms with E-state index in [0.717, 1.165) is 0 Å². The predicted octanol–water partition coefficient (Wildman–Crippen LogP) is -3.23. The Labute approximate surface area is 189 Å². The smallest absolute Gasteiger partial charge is 0.229 e. The van der Waals surface area contributed by atoms with Crippen molar-refractivity contribution in [2.45, 2.75) is 67.8 Å². The normalized spacial score (nSPS) is 39.2. The summed E-state index contributed by atoms with van der Waals surface area (Å²) < 4.78 is 22.1. The van der Waals surface area contributed by atoms with Gasteiger partial charge < -0.3 is 59.8 Å². The van der Waals surface area contributed by atoms with Crippen LogP contribution >= 0.6 is 0 Å². The highest BCUT2D eigenvalue weighted by atomic mass is 16.7. The third-order valence-corrected chi connectivity index (χ3v) is 5.57. The van der Waals surface area contributed by atoms with Crippen LogP contribution in [0.15, 0.2) is 30.9 Å². The number of ether oxygens (including phenoxy) is 4. The minimum absolute atomic E-state index is 0.0179. The largest absolute Gasteiger partial charge is 0.458 e. The molecule has 8 N–H and O–H groups in total. The number of benzene rings is 1. The highest BCUT2D eigenvalue weighted by Crippen LogP contribution is 2.35. The first-order chi connectivity index (χ1) is 15.7. The van der Waals surface area contributed by atoms with Crippen molar-refractivity contribution in [3.63, 3.8) is 0 Å². The number of hydrogen-bond donors (Lipinski definition) is 8. The summed E-state index contributed by atoms with van der Waals surface area (Å²) >= 11 is 0. The summed E-state index contributed by atoms with van der Waals surface area (Å²) in [5.74, 6) is -0.0419. The maximum Gasteiger partial charge on any atom is 0.229 e. The van der Waals surface area contributed by atoms with Crippen LogP contribution in [0.4, 0.5) is 0 Å². The number of aliphatic hydroxyl groups excluding tert-OH is 8. The second-order valence-corrected chi connectivity index (χ2v) is 7.90. The zero-order chi connectivity index (χ0) is 24.3. The lowest BCUT2D eigenvalue weighted by Crippen LogP contribution is -2.60. The molecule has 2 aliphatic heterocycles. The Morgan fingerprint density at radius 1 is 0.727 bits per heavy atom. The summed E-state index contributed by atoms with van der Waals surface area (Å²) in [6.07, 6.45) is -13.1. The number of allylic oxidation sites excluding steroid dienone is 1. The van der Waals surface area contributed by atoms with Crippen molar-refractivity contribution in [3.05, 3.63) is 36.4 Å². The molecule has 1 aromatic rings. The van der Waals surface area contributed by atoms with Crippen LogP contribution in [0.25, 0.3) is 0 Å². The maximum absolute atomic E-state index is 10.3. The molecule has 12 heteroatoms. The molecular formula is C21H30O12. The Balaban J connectivity index is 1.86. The van der Waals surface area contributed by atoms with E-state index in [2.05, 4.69) is 6.58 Å². The molecule has 1 aromatic carbocycles. The van der Waals surface area contributed by atoms with E-state index < -0.39 is 74.6 Å². The highest BCUT2D eigenvalue weighted by molar-refractivity contribution is 5.44. The fraction of sp³-hybridized carbons (Fsp3) is 0.619. The van der Waals surface area contributed by atoms with Crippen molar-refractivity contribution in [2.75, 3.05) is 13.2 Å². The number of hydrogen-bond acceptors (Lipinski definition) is 12. The summed E-state index contributed by atoms with van der Waals surface area (Å²) in [6, 6.07) is 4.63. The Kier molecular flexibility index (Phi) is 8.64. The summed E-state index contributed by atoms with van der Waals surface area (Å²) in [4.78, 5) is 0. The van der Waals surface area contributed by atoms with E-state index in [0.29, 0.717) is 12.0 Å². The minimum Gasteiger partial charge on any atom is -0.458 e. The third kappa shape index (κ3) is 5.46. The molecule has 33 heavy (non-hydrogen) atoms. The summed E-state index contributed by atoms with van der Waals surface area (Å²) in [5, 5.41) is 79.2. The van der Waals surface area contributed by atoms with Crippen molar-refractivity contribution in [1.29, 1.82) is 0 Å². The van der Waals surface area contributed by atoms with Gasteiger partial charge in [0.15, 0.2) is 11.5 Å². The first kappa shape index (κ1) is 25.8. The van der Waals surface area contributed by atoms with Crippen LogP contribution in [0.1, 0.15) is 5.56 Å². The van der Waals surface area contributed by atoms with Gasteiger partial charge in [0, 0.05) is 0 Å². The van der Waals surface area contributed by atoms with E-state index in [1.165, 1.54) is 12.1 Å². The van der Waals surface area contributed by atoms with Gasteiger partial charge in [-0.15, -0.1) is 6.58 Å². The molecule has 0 spiro atoms. The van der Waals surface area contributed by atoms with Crippen LogP contribution in [-0.2, 0) is 15.9 Å². The van der Waals surface area contributed by atoms with Crippen molar-refractivity contribution in [3.8, 4) is 11.5 Å². The van der Waals surface area contributed by atoms with Gasteiger partial charge in [-0.3, -0.25) is 0 Å². The molecule has 0 saturated carbocycles. The van der Waals surface area contributed by atoms with Gasteiger partial charge in [-0.2, -0.15) is 0 Å². The van der Waals surface area contributed by atoms with Gasteiger partial charge in [-0.25, -0.2) is 0 Å². The molecule has 0 bridgehead atoms. The molecule has 0 amide bonds. The number of rotatable bonds is 8. The lowest BCUT2D eigenvalue weighted by atomic mass is 9.99. The molecule has 3 rings (SSSR count). The van der Waals surface area contributed by atoms with E-state index in [1.807, 2.05) is 0 Å². The number of aliphatic hydroxyl groups is 8. The van der Waals surface area contributed by atoms with Gasteiger partial charge in [0.25, 0.3) is 0 Å². The molecule has 0 aromatic heterocycles. The lowest BCUT2D eigenvalue weighted by Gasteiger charge is -2.41. The van der Waals surface area contributed by atoms with Crippen molar-refractivity contribution in [1.82, 2.24) is 0 Å². The minimum atomic E-state index is -1.68. The molecule has 2 heterocycles. The van der Waals surface area contributed by atoms with Crippen molar-refractivity contribution < 1.29 is 59.8 Å². The van der Waals surface area contributed by atoms with E-state index in [4.69, 9.17) is 18.9 Å². The summed E-state index contributed by atoms with van der Waals surface area (Å²) in [6.45, 7) is 2.37. The molecular weight excluding hydrogens is 444 g/mol. The van der Waals surface area contributed by atoms with Gasteiger partial charge in [0.05, 0.1) is 13.2 Å². The predicted molar refractivity (Wildman–Crippen MR) is 109 cm³/mol. The van der Waals surface area contributed by atoms with Crippen LogP contribution in [0, 0.1) is 0 Å². The van der Waals surface area contributed by atoms with E-state index in [1.54, 1.807) is 12.1 Å². The van der Waals surface area contributed by atoms with Gasteiger partial charge in [-0.1, -0.05) is 12.1 Å². The molecule has 0 unspecified atom stereocenters. The second-order valence-electron chi connectivity index (χ2n) is 7.90. The fourth-order valence-electron chi connectivity index (χ4n) is 3.62. The molecule has 2 saturated heterocycles. The average molecular weight is 474 g/mol. The molecule has 0 radical (unpaired) electrons. The quantitative estimate of drug-likeness (QED) is 0.176. The second kappa shape index (κ2) is 11.1. The first-order valence-corrected chi connectivity index (χ1v) is 10.4. The zero-order valence-corrected chi connectivity index (χ0v) is 17.6. The molecule has 12 nitrogen and oxygen atoms in total. The van der Waals surface area contributed by atoms with Gasteiger partial charge >= 0.3 is 0 Å². The van der Waals surface area contributed by atoms with Gasteiger partial charge in [0.1, 0.15) is 48.8 Å². The van der Waals surface area contributed by atoms with Crippen LogP contribution in [0.3, 0.4) is 0 Å². The van der Waals surface area contributed by atoms with Gasteiger partial charge in [-0.05, 0) is 24.1 Å².